The highest BCUT2D eigenvalue weighted by Gasteiger charge is 2.36. The molecule has 1 aliphatic carbocycles. The normalized spacial score (nSPS) is 13.2. The predicted molar refractivity (Wildman–Crippen MR) is 244 cm³/mol. The standard InChI is InChI=1S/C55H38N2O2/c1-55(2)46-23-11-9-19-39(46)40-29-27-37(33-47(40)55)56(35-15-5-3-6-16-35)48-32-31-43-42-30-28-38(34-52(42)58-51-26-14-22-45(48)53(43)51)57(36-17-7-4-8-18-36)49-24-13-21-44-41-20-10-12-25-50(41)59-54(44)49/h3-34H,1-2H3. The van der Waals surface area contributed by atoms with Crippen molar-refractivity contribution in [1.82, 2.24) is 0 Å². The lowest BCUT2D eigenvalue weighted by Gasteiger charge is -2.31. The third-order valence-corrected chi connectivity index (χ3v) is 12.4. The summed E-state index contributed by atoms with van der Waals surface area (Å²) in [6, 6.07) is 69.2. The van der Waals surface area contributed by atoms with Crippen molar-refractivity contribution in [1.29, 1.82) is 0 Å². The Labute approximate surface area is 342 Å². The molecule has 0 fully saturated rings. The summed E-state index contributed by atoms with van der Waals surface area (Å²) in [6.07, 6.45) is 0. The smallest absolute Gasteiger partial charge is 0.159 e. The van der Waals surface area contributed by atoms with Crippen LogP contribution in [0.2, 0.25) is 0 Å². The van der Waals surface area contributed by atoms with Gasteiger partial charge in [-0.2, -0.15) is 0 Å². The maximum absolute atomic E-state index is 6.95. The molecule has 12 rings (SSSR count). The Morgan fingerprint density at radius 1 is 0.390 bits per heavy atom. The van der Waals surface area contributed by atoms with E-state index in [1.165, 1.54) is 22.3 Å². The highest BCUT2D eigenvalue weighted by molar-refractivity contribution is 6.12. The van der Waals surface area contributed by atoms with Gasteiger partial charge in [0.25, 0.3) is 0 Å². The SMILES string of the molecule is CC1(C)c2ccccc2-c2ccc(N(c3ccccc3)c3ccc4c5c(cccc35)Oc3cc(N(c5ccccc5)c5cccc6c5oc5ccccc56)ccc3-4)cc21. The average Bonchev–Trinajstić information content (AvgIpc) is 3.77. The van der Waals surface area contributed by atoms with E-state index in [2.05, 4.69) is 200 Å². The number of benzene rings is 9. The van der Waals surface area contributed by atoms with Gasteiger partial charge in [-0.05, 0) is 101 Å². The molecule has 2 heterocycles. The molecule has 1 aromatic heterocycles. The number of fused-ring (bicyclic) bond motifs is 8. The molecule has 280 valence electrons. The Morgan fingerprint density at radius 2 is 1.00 bits per heavy atom. The fourth-order valence-electron chi connectivity index (χ4n) is 9.69. The highest BCUT2D eigenvalue weighted by Crippen LogP contribution is 2.54. The zero-order valence-corrected chi connectivity index (χ0v) is 32.7. The molecule has 9 aromatic carbocycles. The van der Waals surface area contributed by atoms with Gasteiger partial charge in [-0.15, -0.1) is 0 Å². The van der Waals surface area contributed by atoms with E-state index in [9.17, 15) is 0 Å². The maximum atomic E-state index is 6.95. The van der Waals surface area contributed by atoms with E-state index in [1.807, 2.05) is 18.2 Å². The third kappa shape index (κ3) is 5.03. The molecule has 0 radical (unpaired) electrons. The van der Waals surface area contributed by atoms with Crippen LogP contribution in [0.1, 0.15) is 25.0 Å². The number of furan rings is 1. The van der Waals surface area contributed by atoms with Gasteiger partial charge < -0.3 is 19.0 Å². The number of rotatable bonds is 6. The first-order valence-corrected chi connectivity index (χ1v) is 20.3. The molecule has 10 aromatic rings. The Hall–Kier alpha value is -7.56. The Bertz CT molecular complexity index is 3290. The minimum atomic E-state index is -0.116. The van der Waals surface area contributed by atoms with Gasteiger partial charge in [0.15, 0.2) is 5.58 Å². The molecule has 0 amide bonds. The number of nitrogens with zero attached hydrogens (tertiary/aromatic N) is 2. The second-order valence-corrected chi connectivity index (χ2v) is 16.1. The van der Waals surface area contributed by atoms with Crippen molar-refractivity contribution in [2.24, 2.45) is 0 Å². The minimum absolute atomic E-state index is 0.116. The van der Waals surface area contributed by atoms with Gasteiger partial charge in [0.1, 0.15) is 17.1 Å². The topological polar surface area (TPSA) is 28.9 Å². The molecule has 4 heteroatoms. The average molecular weight is 759 g/mol. The summed E-state index contributed by atoms with van der Waals surface area (Å²) in [6.45, 7) is 4.69. The van der Waals surface area contributed by atoms with Crippen molar-refractivity contribution in [2.75, 3.05) is 9.80 Å². The maximum Gasteiger partial charge on any atom is 0.159 e. The van der Waals surface area contributed by atoms with E-state index in [4.69, 9.17) is 9.15 Å². The molecule has 0 spiro atoms. The van der Waals surface area contributed by atoms with Gasteiger partial charge >= 0.3 is 0 Å². The molecule has 0 atom stereocenters. The van der Waals surface area contributed by atoms with E-state index in [1.54, 1.807) is 0 Å². The predicted octanol–water partition coefficient (Wildman–Crippen LogP) is 15.8. The monoisotopic (exact) mass is 758 g/mol. The number of anilines is 6. The molecule has 0 saturated heterocycles. The quantitative estimate of drug-likeness (QED) is 0.169. The van der Waals surface area contributed by atoms with Crippen LogP contribution in [0.25, 0.3) is 55.0 Å². The van der Waals surface area contributed by atoms with Crippen LogP contribution >= 0.6 is 0 Å². The summed E-state index contributed by atoms with van der Waals surface area (Å²) in [7, 11) is 0. The summed E-state index contributed by atoms with van der Waals surface area (Å²) in [5.74, 6) is 1.65. The summed E-state index contributed by atoms with van der Waals surface area (Å²) < 4.78 is 13.5. The van der Waals surface area contributed by atoms with Crippen LogP contribution in [0.15, 0.2) is 199 Å². The van der Waals surface area contributed by atoms with Gasteiger partial charge in [-0.1, -0.05) is 129 Å². The lowest BCUT2D eigenvalue weighted by atomic mass is 9.82. The van der Waals surface area contributed by atoms with E-state index in [-0.39, 0.29) is 5.41 Å². The second kappa shape index (κ2) is 12.7. The van der Waals surface area contributed by atoms with E-state index >= 15 is 0 Å². The largest absolute Gasteiger partial charge is 0.456 e. The molecule has 0 saturated carbocycles. The number of ether oxygens (including phenoxy) is 1. The van der Waals surface area contributed by atoms with Crippen molar-refractivity contribution < 1.29 is 9.15 Å². The number of para-hydroxylation sites is 4. The molecular formula is C55H38N2O2. The Balaban J connectivity index is 1.00. The molecule has 0 unspecified atom stereocenters. The molecule has 2 aliphatic rings. The first-order valence-electron chi connectivity index (χ1n) is 20.3. The molecular weight excluding hydrogens is 721 g/mol. The number of hydrogen-bond acceptors (Lipinski definition) is 4. The fourth-order valence-corrected chi connectivity index (χ4v) is 9.69. The van der Waals surface area contributed by atoms with Crippen LogP contribution < -0.4 is 14.5 Å². The zero-order chi connectivity index (χ0) is 39.2. The second-order valence-electron chi connectivity index (χ2n) is 16.1. The summed E-state index contributed by atoms with van der Waals surface area (Å²) in [4.78, 5) is 4.67. The number of hydrogen-bond donors (Lipinski definition) is 0. The lowest BCUT2D eigenvalue weighted by molar-refractivity contribution is 0.487. The van der Waals surface area contributed by atoms with Crippen molar-refractivity contribution in [3.8, 4) is 33.8 Å². The van der Waals surface area contributed by atoms with Gasteiger partial charge in [-0.3, -0.25) is 0 Å². The van der Waals surface area contributed by atoms with Gasteiger partial charge in [-0.25, -0.2) is 0 Å². The first-order chi connectivity index (χ1) is 29.0. The minimum Gasteiger partial charge on any atom is -0.456 e. The van der Waals surface area contributed by atoms with Crippen molar-refractivity contribution in [3.05, 3.63) is 205 Å². The van der Waals surface area contributed by atoms with Crippen LogP contribution in [0.3, 0.4) is 0 Å². The van der Waals surface area contributed by atoms with Crippen LogP contribution in [0, 0.1) is 0 Å². The van der Waals surface area contributed by atoms with Crippen LogP contribution in [-0.4, -0.2) is 0 Å². The van der Waals surface area contributed by atoms with Crippen molar-refractivity contribution >= 4 is 66.8 Å². The summed E-state index contributed by atoms with van der Waals surface area (Å²) in [5.41, 5.74) is 15.5. The van der Waals surface area contributed by atoms with E-state index in [0.29, 0.717) is 0 Å². The molecule has 1 aliphatic heterocycles. The molecule has 0 bridgehead atoms. The van der Waals surface area contributed by atoms with Crippen LogP contribution in [-0.2, 0) is 5.41 Å². The van der Waals surface area contributed by atoms with Crippen molar-refractivity contribution in [3.63, 3.8) is 0 Å². The van der Waals surface area contributed by atoms with E-state index in [0.717, 1.165) is 89.5 Å². The summed E-state index contributed by atoms with van der Waals surface area (Å²) in [5, 5.41) is 4.42. The van der Waals surface area contributed by atoms with E-state index < -0.39 is 0 Å². The van der Waals surface area contributed by atoms with Crippen molar-refractivity contribution in [2.45, 2.75) is 19.3 Å². The molecule has 0 N–H and O–H groups in total. The van der Waals surface area contributed by atoms with Crippen LogP contribution in [0.5, 0.6) is 11.5 Å². The molecule has 59 heavy (non-hydrogen) atoms. The highest BCUT2D eigenvalue weighted by atomic mass is 16.5. The van der Waals surface area contributed by atoms with Crippen LogP contribution in [0.4, 0.5) is 34.1 Å². The van der Waals surface area contributed by atoms with Gasteiger partial charge in [0.05, 0.1) is 17.1 Å². The van der Waals surface area contributed by atoms with Gasteiger partial charge in [0.2, 0.25) is 0 Å². The zero-order valence-electron chi connectivity index (χ0n) is 32.7. The first kappa shape index (κ1) is 33.6. The Morgan fingerprint density at radius 3 is 1.81 bits per heavy atom. The molecule has 4 nitrogen and oxygen atoms in total. The third-order valence-electron chi connectivity index (χ3n) is 12.4. The fraction of sp³-hybridized carbons (Fsp3) is 0.0545. The van der Waals surface area contributed by atoms with Gasteiger partial charge in [0, 0.05) is 55.7 Å². The Kier molecular flexibility index (Phi) is 7.24. The lowest BCUT2D eigenvalue weighted by Crippen LogP contribution is -2.16. The summed E-state index contributed by atoms with van der Waals surface area (Å²) >= 11 is 0.